The third-order valence-electron chi connectivity index (χ3n) is 5.07. The van der Waals surface area contributed by atoms with Crippen LogP contribution in [-0.4, -0.2) is 38.7 Å². The molecule has 1 unspecified atom stereocenters. The molecule has 1 heterocycles. The number of carbonyl (C=O) groups excluding carboxylic acids is 1. The molecule has 0 aromatic heterocycles. The number of nitrogens with one attached hydrogen (secondary N) is 1. The minimum atomic E-state index is -0.211. The minimum absolute atomic E-state index is 0.146. The van der Waals surface area contributed by atoms with E-state index < -0.39 is 0 Å². The Bertz CT molecular complexity index is 935. The topological polar surface area (TPSA) is 69.4 Å². The first-order valence-electron chi connectivity index (χ1n) is 9.81. The Hall–Kier alpha value is -2.99. The second kappa shape index (κ2) is 9.01. The molecule has 0 amide bonds. The van der Waals surface area contributed by atoms with E-state index in [0.29, 0.717) is 40.5 Å². The maximum Gasteiger partial charge on any atom is 0.231 e. The molecule has 3 rings (SSSR count). The predicted octanol–water partition coefficient (Wildman–Crippen LogP) is 2.84. The van der Waals surface area contributed by atoms with Crippen LogP contribution in [0.2, 0.25) is 0 Å². The number of ketones is 1. The van der Waals surface area contributed by atoms with Gasteiger partial charge in [-0.1, -0.05) is 25.5 Å². The van der Waals surface area contributed by atoms with Gasteiger partial charge in [0.1, 0.15) is 12.3 Å². The Labute approximate surface area is 171 Å². The van der Waals surface area contributed by atoms with Gasteiger partial charge in [0.2, 0.25) is 5.78 Å². The van der Waals surface area contributed by atoms with Crippen LogP contribution < -0.4 is 19.1 Å². The summed E-state index contributed by atoms with van der Waals surface area (Å²) >= 11 is 0. The largest absolute Gasteiger partial charge is 0.507 e. The summed E-state index contributed by atoms with van der Waals surface area (Å²) in [6.45, 7) is 3.71. The number of hydrogen-bond donors (Lipinski definition) is 2. The first-order valence-corrected chi connectivity index (χ1v) is 9.81. The summed E-state index contributed by atoms with van der Waals surface area (Å²) < 4.78 is 16.7. The Balaban J connectivity index is 1.95. The van der Waals surface area contributed by atoms with Gasteiger partial charge in [0, 0.05) is 5.56 Å². The molecule has 0 bridgehead atoms. The van der Waals surface area contributed by atoms with Crippen LogP contribution in [0.3, 0.4) is 0 Å². The lowest BCUT2D eigenvalue weighted by Gasteiger charge is -2.16. The number of hydrogen-bond acceptors (Lipinski definition) is 5. The quantitative estimate of drug-likeness (QED) is 0.670. The number of benzene rings is 2. The van der Waals surface area contributed by atoms with Crippen LogP contribution in [0.5, 0.6) is 23.0 Å². The van der Waals surface area contributed by atoms with Crippen LogP contribution in [0.1, 0.15) is 41.3 Å². The van der Waals surface area contributed by atoms with Gasteiger partial charge in [-0.3, -0.25) is 4.79 Å². The van der Waals surface area contributed by atoms with Crippen LogP contribution in [0.15, 0.2) is 36.1 Å². The zero-order valence-corrected chi connectivity index (χ0v) is 17.4. The van der Waals surface area contributed by atoms with Gasteiger partial charge in [-0.05, 0) is 30.7 Å². The number of rotatable bonds is 8. The highest BCUT2D eigenvalue weighted by Gasteiger charge is 2.32. The molecule has 0 saturated carbocycles. The number of aromatic hydroxyl groups is 1. The van der Waals surface area contributed by atoms with E-state index >= 15 is 0 Å². The van der Waals surface area contributed by atoms with Crippen molar-refractivity contribution >= 4 is 11.9 Å². The zero-order valence-electron chi connectivity index (χ0n) is 17.4. The van der Waals surface area contributed by atoms with E-state index in [9.17, 15) is 9.90 Å². The molecule has 6 heteroatoms. The van der Waals surface area contributed by atoms with Gasteiger partial charge in [-0.2, -0.15) is 0 Å². The van der Waals surface area contributed by atoms with Gasteiger partial charge < -0.3 is 24.2 Å². The third-order valence-corrected chi connectivity index (χ3v) is 5.07. The van der Waals surface area contributed by atoms with Gasteiger partial charge in [0.15, 0.2) is 23.0 Å². The summed E-state index contributed by atoms with van der Waals surface area (Å²) in [6, 6.07) is 8.62. The molecule has 1 aliphatic heterocycles. The van der Waals surface area contributed by atoms with Crippen LogP contribution in [0.25, 0.3) is 6.08 Å². The monoisotopic (exact) mass is 398 g/mol. The van der Waals surface area contributed by atoms with Crippen molar-refractivity contribution in [2.24, 2.45) is 0 Å². The van der Waals surface area contributed by atoms with Crippen molar-refractivity contribution in [1.82, 2.24) is 0 Å². The number of quaternary nitrogens is 1. The summed E-state index contributed by atoms with van der Waals surface area (Å²) in [5, 5.41) is 10.4. The maximum absolute atomic E-state index is 12.9. The number of phenols is 1. The molecule has 0 fully saturated rings. The Morgan fingerprint density at radius 2 is 1.97 bits per heavy atom. The fraction of sp³-hybridized carbons (Fsp3) is 0.348. The number of phenolic OH excluding ortho intramolecular Hbond substituents is 1. The predicted molar refractivity (Wildman–Crippen MR) is 111 cm³/mol. The van der Waals surface area contributed by atoms with Gasteiger partial charge in [-0.25, -0.2) is 0 Å². The summed E-state index contributed by atoms with van der Waals surface area (Å²) in [6.07, 6.45) is 3.86. The fourth-order valence-electron chi connectivity index (χ4n) is 3.50. The molecule has 2 aromatic rings. The molecule has 0 radical (unpaired) electrons. The van der Waals surface area contributed by atoms with Crippen molar-refractivity contribution in [1.29, 1.82) is 0 Å². The number of methoxy groups -OCH3 is 2. The fourth-order valence-corrected chi connectivity index (χ4v) is 3.50. The molecule has 0 spiro atoms. The second-order valence-electron chi connectivity index (χ2n) is 7.20. The Morgan fingerprint density at radius 3 is 2.66 bits per heavy atom. The molecule has 2 N–H and O–H groups in total. The molecule has 1 aliphatic rings. The lowest BCUT2D eigenvalue weighted by Crippen LogP contribution is -3.07. The average Bonchev–Trinajstić information content (AvgIpc) is 3.04. The lowest BCUT2D eigenvalue weighted by atomic mass is 10.0. The molecule has 0 saturated heterocycles. The molecule has 6 nitrogen and oxygen atoms in total. The van der Waals surface area contributed by atoms with E-state index in [0.717, 1.165) is 19.4 Å². The SMILES string of the molecule is CCCC[NH+](C)Cc1c(O)ccc2c1O/C(=C\c1cccc(OC)c1OC)C2=O. The van der Waals surface area contributed by atoms with Crippen LogP contribution in [0.4, 0.5) is 0 Å². The lowest BCUT2D eigenvalue weighted by molar-refractivity contribution is -0.894. The smallest absolute Gasteiger partial charge is 0.231 e. The average molecular weight is 398 g/mol. The van der Waals surface area contributed by atoms with Crippen molar-refractivity contribution in [2.45, 2.75) is 26.3 Å². The molecule has 2 aromatic carbocycles. The highest BCUT2D eigenvalue weighted by molar-refractivity contribution is 6.15. The molecule has 1 atom stereocenters. The summed E-state index contributed by atoms with van der Waals surface area (Å²) in [4.78, 5) is 14.2. The van der Waals surface area contributed by atoms with Gasteiger partial charge in [-0.15, -0.1) is 0 Å². The van der Waals surface area contributed by atoms with Gasteiger partial charge >= 0.3 is 0 Å². The summed E-state index contributed by atoms with van der Waals surface area (Å²) in [5.74, 6) is 1.68. The van der Waals surface area contributed by atoms with E-state index in [1.165, 1.54) is 4.90 Å². The van der Waals surface area contributed by atoms with E-state index in [1.807, 2.05) is 12.1 Å². The Morgan fingerprint density at radius 1 is 1.17 bits per heavy atom. The maximum atomic E-state index is 12.9. The molecule has 29 heavy (non-hydrogen) atoms. The normalized spacial score (nSPS) is 15.2. The van der Waals surface area contributed by atoms with Crippen molar-refractivity contribution in [3.05, 3.63) is 52.8 Å². The van der Waals surface area contributed by atoms with Crippen molar-refractivity contribution in [3.63, 3.8) is 0 Å². The van der Waals surface area contributed by atoms with Crippen molar-refractivity contribution < 1.29 is 29.0 Å². The molecular formula is C23H28NO5+. The highest BCUT2D eigenvalue weighted by Crippen LogP contribution is 2.40. The Kier molecular flexibility index (Phi) is 6.44. The number of allylic oxidation sites excluding steroid dienone is 1. The van der Waals surface area contributed by atoms with Crippen LogP contribution >= 0.6 is 0 Å². The minimum Gasteiger partial charge on any atom is -0.507 e. The second-order valence-corrected chi connectivity index (χ2v) is 7.20. The highest BCUT2D eigenvalue weighted by atomic mass is 16.5. The number of carbonyl (C=O) groups is 1. The van der Waals surface area contributed by atoms with Gasteiger partial charge in [0.05, 0.1) is 38.9 Å². The van der Waals surface area contributed by atoms with E-state index in [4.69, 9.17) is 14.2 Å². The van der Waals surface area contributed by atoms with Crippen molar-refractivity contribution in [2.75, 3.05) is 27.8 Å². The molecule has 154 valence electrons. The summed E-state index contributed by atoms with van der Waals surface area (Å²) in [5.41, 5.74) is 1.80. The first-order chi connectivity index (χ1) is 14.0. The third kappa shape index (κ3) is 4.22. The number of para-hydroxylation sites is 1. The number of fused-ring (bicyclic) bond motifs is 1. The van der Waals surface area contributed by atoms with Gasteiger partial charge in [0.25, 0.3) is 0 Å². The number of Topliss-reactive ketones (excluding diaryl/α,β-unsaturated/α-hetero) is 1. The number of unbranched alkanes of at least 4 members (excludes halogenated alkanes) is 1. The standard InChI is InChI=1S/C23H27NO5/c1-5-6-12-24(2)14-17-18(25)11-10-16-21(26)20(29-23(16)17)13-15-8-7-9-19(27-3)22(15)28-4/h7-11,13,25H,5-6,12,14H2,1-4H3/p+1/b20-13-. The molecular weight excluding hydrogens is 370 g/mol. The van der Waals surface area contributed by atoms with Crippen LogP contribution in [-0.2, 0) is 6.54 Å². The van der Waals surface area contributed by atoms with E-state index in [2.05, 4.69) is 14.0 Å². The summed E-state index contributed by atoms with van der Waals surface area (Å²) in [7, 11) is 5.19. The van der Waals surface area contributed by atoms with Crippen molar-refractivity contribution in [3.8, 4) is 23.0 Å². The zero-order chi connectivity index (χ0) is 21.0. The van der Waals surface area contributed by atoms with E-state index in [1.54, 1.807) is 38.5 Å². The van der Waals surface area contributed by atoms with E-state index in [-0.39, 0.29) is 17.3 Å². The molecule has 0 aliphatic carbocycles. The first kappa shape index (κ1) is 20.7. The van der Waals surface area contributed by atoms with Crippen LogP contribution in [0, 0.1) is 0 Å². The number of ether oxygens (including phenoxy) is 3.